The minimum Gasteiger partial charge on any atom is -0.388 e. The normalized spacial score (nSPS) is 18.1. The summed E-state index contributed by atoms with van der Waals surface area (Å²) in [6, 6.07) is 7.48. The van der Waals surface area contributed by atoms with Crippen LogP contribution in [0.15, 0.2) is 30.5 Å². The van der Waals surface area contributed by atoms with Crippen LogP contribution in [0.1, 0.15) is 23.2 Å². The molecule has 106 valence electrons. The Balaban J connectivity index is 1.66. The summed E-state index contributed by atoms with van der Waals surface area (Å²) in [4.78, 5) is 15.2. The zero-order valence-corrected chi connectivity index (χ0v) is 11.2. The number of rotatable bonds is 3. The van der Waals surface area contributed by atoms with Gasteiger partial charge in [0.15, 0.2) is 0 Å². The van der Waals surface area contributed by atoms with Gasteiger partial charge in [-0.2, -0.15) is 0 Å². The molecule has 0 bridgehead atoms. The predicted molar refractivity (Wildman–Crippen MR) is 75.6 cm³/mol. The molecule has 1 aliphatic heterocycles. The van der Waals surface area contributed by atoms with Gasteiger partial charge in [0, 0.05) is 49.9 Å². The molecule has 1 aromatic carbocycles. The molecule has 2 heterocycles. The van der Waals surface area contributed by atoms with Crippen LogP contribution < -0.4 is 5.32 Å². The van der Waals surface area contributed by atoms with E-state index in [1.54, 1.807) is 6.07 Å². The molecule has 1 aliphatic rings. The van der Waals surface area contributed by atoms with Crippen molar-refractivity contribution in [2.45, 2.75) is 18.4 Å². The number of ether oxygens (including phenoxy) is 1. The number of carbonyl (C=O) groups excluding carboxylic acids is 1. The third-order valence-corrected chi connectivity index (χ3v) is 3.82. The summed E-state index contributed by atoms with van der Waals surface area (Å²) in [7, 11) is 0. The van der Waals surface area contributed by atoms with E-state index >= 15 is 0 Å². The van der Waals surface area contributed by atoms with E-state index in [4.69, 9.17) is 4.74 Å². The molecule has 2 aromatic rings. The van der Waals surface area contributed by atoms with Crippen LogP contribution in [0.5, 0.6) is 0 Å². The number of benzene rings is 1. The summed E-state index contributed by atoms with van der Waals surface area (Å²) in [6.07, 6.45) is 2.96. The van der Waals surface area contributed by atoms with Crippen LogP contribution in [0.4, 0.5) is 0 Å². The van der Waals surface area contributed by atoms with Gasteiger partial charge in [0.2, 0.25) is 0 Å². The van der Waals surface area contributed by atoms with Gasteiger partial charge in [-0.25, -0.2) is 0 Å². The molecule has 5 heteroatoms. The quantitative estimate of drug-likeness (QED) is 0.793. The van der Waals surface area contributed by atoms with Gasteiger partial charge >= 0.3 is 0 Å². The molecule has 3 N–H and O–H groups in total. The Bertz CT molecular complexity index is 614. The maximum Gasteiger partial charge on any atom is 0.251 e. The van der Waals surface area contributed by atoms with Crippen molar-refractivity contribution < 1.29 is 14.6 Å². The average molecular weight is 274 g/mol. The number of nitrogens with one attached hydrogen (secondary N) is 2. The summed E-state index contributed by atoms with van der Waals surface area (Å²) in [5.74, 6) is -0.165. The van der Waals surface area contributed by atoms with E-state index in [2.05, 4.69) is 10.3 Å². The van der Waals surface area contributed by atoms with Gasteiger partial charge < -0.3 is 20.1 Å². The fourth-order valence-corrected chi connectivity index (χ4v) is 2.46. The summed E-state index contributed by atoms with van der Waals surface area (Å²) in [5.41, 5.74) is 0.683. The van der Waals surface area contributed by atoms with E-state index in [1.807, 2.05) is 24.4 Å². The molecular formula is C15H18N2O3. The van der Waals surface area contributed by atoms with Crippen molar-refractivity contribution in [3.63, 3.8) is 0 Å². The molecule has 1 fully saturated rings. The third kappa shape index (κ3) is 2.69. The molecule has 0 aliphatic carbocycles. The smallest absolute Gasteiger partial charge is 0.251 e. The van der Waals surface area contributed by atoms with E-state index in [-0.39, 0.29) is 12.5 Å². The summed E-state index contributed by atoms with van der Waals surface area (Å²) >= 11 is 0. The first-order valence-corrected chi connectivity index (χ1v) is 6.82. The molecule has 0 saturated carbocycles. The Morgan fingerprint density at radius 3 is 2.95 bits per heavy atom. The van der Waals surface area contributed by atoms with Crippen molar-refractivity contribution in [2.24, 2.45) is 0 Å². The van der Waals surface area contributed by atoms with E-state index in [9.17, 15) is 9.90 Å². The van der Waals surface area contributed by atoms with Crippen LogP contribution in [-0.2, 0) is 4.74 Å². The van der Waals surface area contributed by atoms with E-state index < -0.39 is 5.60 Å². The van der Waals surface area contributed by atoms with Gasteiger partial charge in [0.25, 0.3) is 5.91 Å². The van der Waals surface area contributed by atoms with Crippen molar-refractivity contribution in [3.05, 3.63) is 36.0 Å². The van der Waals surface area contributed by atoms with Crippen LogP contribution in [0.25, 0.3) is 10.9 Å². The Hall–Kier alpha value is -1.85. The number of carbonyl (C=O) groups is 1. The molecule has 0 atom stereocenters. The maximum atomic E-state index is 12.1. The molecular weight excluding hydrogens is 256 g/mol. The maximum absolute atomic E-state index is 12.1. The number of hydrogen-bond acceptors (Lipinski definition) is 3. The second-order valence-corrected chi connectivity index (χ2v) is 5.30. The Labute approximate surface area is 116 Å². The van der Waals surface area contributed by atoms with Crippen molar-refractivity contribution >= 4 is 16.8 Å². The number of H-pyrrole nitrogens is 1. The van der Waals surface area contributed by atoms with Crippen LogP contribution in [0.2, 0.25) is 0 Å². The van der Waals surface area contributed by atoms with Crippen LogP contribution >= 0.6 is 0 Å². The molecule has 1 amide bonds. The highest BCUT2D eigenvalue weighted by Gasteiger charge is 2.30. The van der Waals surface area contributed by atoms with Gasteiger partial charge in [0.05, 0.1) is 5.60 Å². The number of aliphatic hydroxyl groups is 1. The topological polar surface area (TPSA) is 74.3 Å². The number of amides is 1. The van der Waals surface area contributed by atoms with Crippen molar-refractivity contribution in [1.82, 2.24) is 10.3 Å². The minimum atomic E-state index is -0.843. The van der Waals surface area contributed by atoms with Gasteiger partial charge in [-0.1, -0.05) is 6.07 Å². The lowest BCUT2D eigenvalue weighted by Gasteiger charge is -2.32. The average Bonchev–Trinajstić information content (AvgIpc) is 2.93. The largest absolute Gasteiger partial charge is 0.388 e. The predicted octanol–water partition coefficient (Wildman–Crippen LogP) is 1.44. The molecule has 5 nitrogen and oxygen atoms in total. The highest BCUT2D eigenvalue weighted by molar-refractivity contribution is 5.97. The fourth-order valence-electron chi connectivity index (χ4n) is 2.46. The molecule has 0 radical (unpaired) electrons. The molecule has 1 aromatic heterocycles. The van der Waals surface area contributed by atoms with Crippen LogP contribution in [0, 0.1) is 0 Å². The monoisotopic (exact) mass is 274 g/mol. The van der Waals surface area contributed by atoms with E-state index in [0.717, 1.165) is 10.9 Å². The van der Waals surface area contributed by atoms with E-state index in [0.29, 0.717) is 31.6 Å². The highest BCUT2D eigenvalue weighted by Crippen LogP contribution is 2.20. The zero-order valence-electron chi connectivity index (χ0n) is 11.2. The van der Waals surface area contributed by atoms with Crippen LogP contribution in [-0.4, -0.2) is 41.4 Å². The zero-order chi connectivity index (χ0) is 14.0. The molecule has 3 rings (SSSR count). The minimum absolute atomic E-state index is 0.165. The van der Waals surface area contributed by atoms with Crippen LogP contribution in [0.3, 0.4) is 0 Å². The number of aromatic amines is 1. The van der Waals surface area contributed by atoms with E-state index in [1.165, 1.54) is 0 Å². The van der Waals surface area contributed by atoms with Crippen molar-refractivity contribution in [3.8, 4) is 0 Å². The van der Waals surface area contributed by atoms with Gasteiger partial charge in [0.1, 0.15) is 0 Å². The lowest BCUT2D eigenvalue weighted by Crippen LogP contribution is -2.46. The highest BCUT2D eigenvalue weighted by atomic mass is 16.5. The standard InChI is InChI=1S/C15H18N2O3/c18-14(17-10-15(19)4-7-20-8-5-15)12-2-1-11-3-6-16-13(11)9-12/h1-3,6,9,16,19H,4-5,7-8,10H2,(H,17,18). The SMILES string of the molecule is O=C(NCC1(O)CCOCC1)c1ccc2cc[nH]c2c1. The fraction of sp³-hybridized carbons (Fsp3) is 0.400. The second-order valence-electron chi connectivity index (χ2n) is 5.30. The van der Waals surface area contributed by atoms with Gasteiger partial charge in [-0.3, -0.25) is 4.79 Å². The lowest BCUT2D eigenvalue weighted by molar-refractivity contribution is -0.0605. The summed E-state index contributed by atoms with van der Waals surface area (Å²) in [6.45, 7) is 1.35. The van der Waals surface area contributed by atoms with Gasteiger partial charge in [-0.15, -0.1) is 0 Å². The third-order valence-electron chi connectivity index (χ3n) is 3.82. The second kappa shape index (κ2) is 5.26. The Morgan fingerprint density at radius 2 is 2.15 bits per heavy atom. The first-order valence-electron chi connectivity index (χ1n) is 6.82. The first kappa shape index (κ1) is 13.1. The summed E-state index contributed by atoms with van der Waals surface area (Å²) in [5, 5.41) is 14.2. The Morgan fingerprint density at radius 1 is 1.35 bits per heavy atom. The molecule has 20 heavy (non-hydrogen) atoms. The number of hydrogen-bond donors (Lipinski definition) is 3. The molecule has 1 saturated heterocycles. The summed E-state index contributed by atoms with van der Waals surface area (Å²) < 4.78 is 5.22. The van der Waals surface area contributed by atoms with Crippen molar-refractivity contribution in [2.75, 3.05) is 19.8 Å². The number of fused-ring (bicyclic) bond motifs is 1. The van der Waals surface area contributed by atoms with Gasteiger partial charge in [-0.05, 0) is 23.6 Å². The molecule has 0 unspecified atom stereocenters. The molecule has 0 spiro atoms. The lowest BCUT2D eigenvalue weighted by atomic mass is 9.94. The number of aromatic nitrogens is 1. The first-order chi connectivity index (χ1) is 9.66. The van der Waals surface area contributed by atoms with Crippen molar-refractivity contribution in [1.29, 1.82) is 0 Å². The Kier molecular flexibility index (Phi) is 3.46.